The van der Waals surface area contributed by atoms with Crippen molar-refractivity contribution in [3.8, 4) is 17.0 Å². The van der Waals surface area contributed by atoms with E-state index in [4.69, 9.17) is 9.84 Å². The van der Waals surface area contributed by atoms with Gasteiger partial charge in [0, 0.05) is 85.8 Å². The van der Waals surface area contributed by atoms with Gasteiger partial charge in [-0.1, -0.05) is 12.1 Å². The summed E-state index contributed by atoms with van der Waals surface area (Å²) in [5, 5.41) is 11.5. The van der Waals surface area contributed by atoms with Gasteiger partial charge >= 0.3 is 6.09 Å². The minimum Gasteiger partial charge on any atom is -0.472 e. The Hall–Kier alpha value is -3.65. The number of amides is 1. The van der Waals surface area contributed by atoms with Gasteiger partial charge < -0.3 is 19.3 Å². The van der Waals surface area contributed by atoms with Crippen molar-refractivity contribution in [3.05, 3.63) is 55.0 Å². The van der Waals surface area contributed by atoms with E-state index in [1.807, 2.05) is 30.7 Å². The molecule has 0 unspecified atom stereocenters. The first-order valence-corrected chi connectivity index (χ1v) is 11.7. The molecule has 174 valence electrons. The SMILES string of the molecule is Cn1c2ccncc2c2ccc(-c3ccc(OC4CN(C5CCN(C(=O)O)CC5)C4)nc3)cc21. The van der Waals surface area contributed by atoms with Crippen LogP contribution in [0.15, 0.2) is 55.0 Å². The Morgan fingerprint density at radius 3 is 2.53 bits per heavy atom. The Morgan fingerprint density at radius 2 is 1.79 bits per heavy atom. The number of carboxylic acid groups (broad SMARTS) is 1. The normalized spacial score (nSPS) is 17.9. The fourth-order valence-corrected chi connectivity index (χ4v) is 5.29. The lowest BCUT2D eigenvalue weighted by atomic mass is 9.99. The number of carbonyl (C=O) groups is 1. The Balaban J connectivity index is 1.09. The zero-order chi connectivity index (χ0) is 23.2. The fraction of sp³-hybridized carbons (Fsp3) is 0.346. The minimum absolute atomic E-state index is 0.136. The molecule has 0 spiro atoms. The molecule has 3 aromatic heterocycles. The van der Waals surface area contributed by atoms with Gasteiger partial charge in [-0.25, -0.2) is 9.78 Å². The maximum atomic E-state index is 11.1. The molecule has 1 aromatic carbocycles. The smallest absolute Gasteiger partial charge is 0.407 e. The van der Waals surface area contributed by atoms with E-state index in [0.717, 1.165) is 42.4 Å². The maximum Gasteiger partial charge on any atom is 0.407 e. The van der Waals surface area contributed by atoms with Crippen LogP contribution in [0, 0.1) is 0 Å². The van der Waals surface area contributed by atoms with E-state index in [2.05, 4.69) is 50.7 Å². The first-order valence-electron chi connectivity index (χ1n) is 11.7. The molecule has 34 heavy (non-hydrogen) atoms. The predicted octanol–water partition coefficient (Wildman–Crippen LogP) is 3.99. The topological polar surface area (TPSA) is 83.7 Å². The molecule has 2 saturated heterocycles. The molecule has 4 aromatic rings. The number of likely N-dealkylation sites (tertiary alicyclic amines) is 2. The van der Waals surface area contributed by atoms with Gasteiger partial charge in [-0.05, 0) is 36.6 Å². The average molecular weight is 458 g/mol. The number of ether oxygens (including phenoxy) is 1. The fourth-order valence-electron chi connectivity index (χ4n) is 5.29. The van der Waals surface area contributed by atoms with Crippen molar-refractivity contribution in [2.45, 2.75) is 25.0 Å². The van der Waals surface area contributed by atoms with Gasteiger partial charge in [-0.3, -0.25) is 9.88 Å². The van der Waals surface area contributed by atoms with Crippen LogP contribution in [0.3, 0.4) is 0 Å². The predicted molar refractivity (Wildman–Crippen MR) is 130 cm³/mol. The number of pyridine rings is 2. The van der Waals surface area contributed by atoms with E-state index in [1.165, 1.54) is 21.3 Å². The summed E-state index contributed by atoms with van der Waals surface area (Å²) >= 11 is 0. The van der Waals surface area contributed by atoms with E-state index in [-0.39, 0.29) is 6.10 Å². The molecule has 2 aliphatic heterocycles. The third-order valence-electron chi connectivity index (χ3n) is 7.29. The third-order valence-corrected chi connectivity index (χ3v) is 7.29. The number of hydrogen-bond donors (Lipinski definition) is 1. The lowest BCUT2D eigenvalue weighted by molar-refractivity contribution is -0.0268. The number of hydrogen-bond acceptors (Lipinski definition) is 5. The number of aryl methyl sites for hydroxylation is 1. The first kappa shape index (κ1) is 20.9. The van der Waals surface area contributed by atoms with Gasteiger partial charge in [0.25, 0.3) is 0 Å². The van der Waals surface area contributed by atoms with Crippen LogP contribution in [0.5, 0.6) is 5.88 Å². The standard InChI is InChI=1S/C26H27N5O3/c1-29-23-6-9-27-14-22(23)21-4-2-17(12-24(21)29)18-3-5-25(28-13-18)34-20-15-31(16-20)19-7-10-30(11-8-19)26(32)33/h2-6,9,12-14,19-20H,7-8,10-11,15-16H2,1H3,(H,32,33). The lowest BCUT2D eigenvalue weighted by Crippen LogP contribution is -2.60. The highest BCUT2D eigenvalue weighted by molar-refractivity contribution is 6.08. The first-order chi connectivity index (χ1) is 16.6. The van der Waals surface area contributed by atoms with Gasteiger partial charge in [0.2, 0.25) is 5.88 Å². The third kappa shape index (κ3) is 3.64. The summed E-state index contributed by atoms with van der Waals surface area (Å²) in [6.45, 7) is 2.97. The Kier molecular flexibility index (Phi) is 5.10. The molecule has 0 bridgehead atoms. The summed E-state index contributed by atoms with van der Waals surface area (Å²) in [6, 6.07) is 13.0. The molecule has 0 radical (unpaired) electrons. The number of aromatic nitrogens is 3. The highest BCUT2D eigenvalue weighted by Gasteiger charge is 2.36. The van der Waals surface area contributed by atoms with Gasteiger partial charge in [0.15, 0.2) is 0 Å². The quantitative estimate of drug-likeness (QED) is 0.499. The summed E-state index contributed by atoms with van der Waals surface area (Å²) in [5.41, 5.74) is 4.52. The van der Waals surface area contributed by atoms with Gasteiger partial charge in [-0.15, -0.1) is 0 Å². The van der Waals surface area contributed by atoms with Crippen LogP contribution < -0.4 is 4.74 Å². The molecule has 2 fully saturated rings. The van der Waals surface area contributed by atoms with E-state index >= 15 is 0 Å². The minimum atomic E-state index is -0.813. The second kappa shape index (κ2) is 8.29. The van der Waals surface area contributed by atoms with Crippen molar-refractivity contribution in [2.75, 3.05) is 26.2 Å². The Morgan fingerprint density at radius 1 is 1.00 bits per heavy atom. The summed E-state index contributed by atoms with van der Waals surface area (Å²) < 4.78 is 8.29. The molecule has 1 N–H and O–H groups in total. The van der Waals surface area contributed by atoms with Crippen molar-refractivity contribution in [1.82, 2.24) is 24.3 Å². The molecule has 5 heterocycles. The van der Waals surface area contributed by atoms with Crippen LogP contribution in [0.2, 0.25) is 0 Å². The van der Waals surface area contributed by atoms with Crippen molar-refractivity contribution < 1.29 is 14.6 Å². The number of nitrogens with zero attached hydrogens (tertiary/aromatic N) is 5. The summed E-state index contributed by atoms with van der Waals surface area (Å²) in [5.74, 6) is 0.644. The zero-order valence-corrected chi connectivity index (χ0v) is 19.1. The van der Waals surface area contributed by atoms with Crippen LogP contribution in [-0.2, 0) is 7.05 Å². The number of rotatable bonds is 4. The second-order valence-corrected chi connectivity index (χ2v) is 9.26. The molecule has 0 aliphatic carbocycles. The monoisotopic (exact) mass is 457 g/mol. The number of fused-ring (bicyclic) bond motifs is 3. The molecule has 2 aliphatic rings. The zero-order valence-electron chi connectivity index (χ0n) is 19.1. The second-order valence-electron chi connectivity index (χ2n) is 9.26. The molecule has 0 atom stereocenters. The van der Waals surface area contributed by atoms with Gasteiger partial charge in [0.1, 0.15) is 6.10 Å². The van der Waals surface area contributed by atoms with Crippen LogP contribution in [0.4, 0.5) is 4.79 Å². The average Bonchev–Trinajstić information content (AvgIpc) is 3.13. The van der Waals surface area contributed by atoms with Gasteiger partial charge in [-0.2, -0.15) is 0 Å². The highest BCUT2D eigenvalue weighted by atomic mass is 16.5. The Labute approximate surface area is 197 Å². The summed E-state index contributed by atoms with van der Waals surface area (Å²) in [4.78, 5) is 23.8. The van der Waals surface area contributed by atoms with Crippen LogP contribution in [0.25, 0.3) is 32.9 Å². The van der Waals surface area contributed by atoms with Crippen LogP contribution in [0.1, 0.15) is 12.8 Å². The van der Waals surface area contributed by atoms with Crippen molar-refractivity contribution in [3.63, 3.8) is 0 Å². The number of piperidine rings is 1. The molecule has 6 rings (SSSR count). The van der Waals surface area contributed by atoms with Crippen molar-refractivity contribution >= 4 is 27.9 Å². The summed E-state index contributed by atoms with van der Waals surface area (Å²) in [6.07, 6.45) is 6.73. The van der Waals surface area contributed by atoms with Gasteiger partial charge in [0.05, 0.1) is 5.52 Å². The van der Waals surface area contributed by atoms with E-state index in [9.17, 15) is 4.79 Å². The molecule has 0 saturated carbocycles. The van der Waals surface area contributed by atoms with E-state index < -0.39 is 6.09 Å². The van der Waals surface area contributed by atoms with Crippen LogP contribution >= 0.6 is 0 Å². The van der Waals surface area contributed by atoms with E-state index in [1.54, 1.807) is 0 Å². The largest absolute Gasteiger partial charge is 0.472 e. The molecular weight excluding hydrogens is 430 g/mol. The maximum absolute atomic E-state index is 11.1. The molecular formula is C26H27N5O3. The van der Waals surface area contributed by atoms with E-state index in [0.29, 0.717) is 25.0 Å². The molecule has 8 heteroatoms. The van der Waals surface area contributed by atoms with Crippen LogP contribution in [-0.4, -0.2) is 73.9 Å². The lowest BCUT2D eigenvalue weighted by Gasteiger charge is -2.46. The van der Waals surface area contributed by atoms with Crippen molar-refractivity contribution in [1.29, 1.82) is 0 Å². The highest BCUT2D eigenvalue weighted by Crippen LogP contribution is 2.31. The Bertz CT molecular complexity index is 1350. The van der Waals surface area contributed by atoms with Crippen molar-refractivity contribution in [2.24, 2.45) is 7.05 Å². The number of benzene rings is 1. The molecule has 8 nitrogen and oxygen atoms in total. The molecule has 1 amide bonds. The summed E-state index contributed by atoms with van der Waals surface area (Å²) in [7, 11) is 2.08.